The molecule has 0 radical (unpaired) electrons. The Kier molecular flexibility index (Phi) is 8.14. The lowest BCUT2D eigenvalue weighted by Gasteiger charge is -2.19. The highest BCUT2D eigenvalue weighted by Crippen LogP contribution is 2.28. The summed E-state index contributed by atoms with van der Waals surface area (Å²) < 4.78 is 10.9. The smallest absolute Gasteiger partial charge is 0.260 e. The van der Waals surface area contributed by atoms with Gasteiger partial charge in [-0.25, -0.2) is 0 Å². The highest BCUT2D eigenvalue weighted by molar-refractivity contribution is 6.32. The summed E-state index contributed by atoms with van der Waals surface area (Å²) in [6.07, 6.45) is 0. The quantitative estimate of drug-likeness (QED) is 0.678. The number of carbonyl (C=O) groups excluding carboxylic acids is 2. The number of benzene rings is 2. The Labute approximate surface area is 170 Å². The predicted octanol–water partition coefficient (Wildman–Crippen LogP) is 4.24. The SMILES string of the molecule is CCOc1cccc(C(=O)Nc2ccc(OCC(=O)N(CC)CC)c(Cl)c2)c1. The number of nitrogens with zero attached hydrogens (tertiary/aromatic N) is 1. The molecule has 150 valence electrons. The van der Waals surface area contributed by atoms with Gasteiger partial charge in [0.05, 0.1) is 11.6 Å². The predicted molar refractivity (Wildman–Crippen MR) is 110 cm³/mol. The number of ether oxygens (including phenoxy) is 2. The maximum absolute atomic E-state index is 12.4. The van der Waals surface area contributed by atoms with Crippen LogP contribution in [0.25, 0.3) is 0 Å². The lowest BCUT2D eigenvalue weighted by atomic mass is 10.2. The zero-order chi connectivity index (χ0) is 20.5. The molecule has 6 nitrogen and oxygen atoms in total. The zero-order valence-corrected chi connectivity index (χ0v) is 17.1. The molecule has 2 rings (SSSR count). The van der Waals surface area contributed by atoms with E-state index in [9.17, 15) is 9.59 Å². The summed E-state index contributed by atoms with van der Waals surface area (Å²) in [5, 5.41) is 3.10. The number of carbonyl (C=O) groups is 2. The summed E-state index contributed by atoms with van der Waals surface area (Å²) >= 11 is 6.23. The van der Waals surface area contributed by atoms with E-state index in [2.05, 4.69) is 5.32 Å². The molecule has 7 heteroatoms. The highest BCUT2D eigenvalue weighted by Gasteiger charge is 2.13. The molecule has 0 bridgehead atoms. The first-order valence-electron chi connectivity index (χ1n) is 9.22. The van der Waals surface area contributed by atoms with Crippen LogP contribution in [0.5, 0.6) is 11.5 Å². The van der Waals surface area contributed by atoms with Gasteiger partial charge >= 0.3 is 0 Å². The van der Waals surface area contributed by atoms with Crippen LogP contribution < -0.4 is 14.8 Å². The molecule has 0 aliphatic heterocycles. The van der Waals surface area contributed by atoms with E-state index in [0.717, 1.165) is 0 Å². The Hall–Kier alpha value is -2.73. The van der Waals surface area contributed by atoms with Crippen LogP contribution in [0.4, 0.5) is 5.69 Å². The standard InChI is InChI=1S/C21H25ClN2O4/c1-4-24(5-2)20(25)14-28-19-11-10-16(13-18(19)22)23-21(26)15-8-7-9-17(12-15)27-6-3/h7-13H,4-6,14H2,1-3H3,(H,23,26). The number of hydrogen-bond donors (Lipinski definition) is 1. The van der Waals surface area contributed by atoms with Crippen LogP contribution in [0.1, 0.15) is 31.1 Å². The molecule has 2 aromatic rings. The molecule has 0 atom stereocenters. The molecule has 28 heavy (non-hydrogen) atoms. The lowest BCUT2D eigenvalue weighted by Crippen LogP contribution is -2.34. The van der Waals surface area contributed by atoms with Crippen molar-refractivity contribution in [3.63, 3.8) is 0 Å². The summed E-state index contributed by atoms with van der Waals surface area (Å²) in [6, 6.07) is 11.8. The van der Waals surface area contributed by atoms with E-state index in [4.69, 9.17) is 21.1 Å². The number of hydrogen-bond acceptors (Lipinski definition) is 4. The molecule has 0 aliphatic rings. The Bertz CT molecular complexity index is 822. The molecule has 2 aromatic carbocycles. The molecular weight excluding hydrogens is 380 g/mol. The number of amides is 2. The molecule has 0 spiro atoms. The molecular formula is C21H25ClN2O4. The summed E-state index contributed by atoms with van der Waals surface area (Å²) in [7, 11) is 0. The van der Waals surface area contributed by atoms with Crippen molar-refractivity contribution in [1.29, 1.82) is 0 Å². The van der Waals surface area contributed by atoms with Gasteiger partial charge in [0.2, 0.25) is 0 Å². The highest BCUT2D eigenvalue weighted by atomic mass is 35.5. The molecule has 0 saturated carbocycles. The number of halogens is 1. The molecule has 1 N–H and O–H groups in total. The Balaban J connectivity index is 2.01. The fourth-order valence-electron chi connectivity index (χ4n) is 2.60. The Morgan fingerprint density at radius 1 is 1.04 bits per heavy atom. The van der Waals surface area contributed by atoms with E-state index < -0.39 is 0 Å². The first-order chi connectivity index (χ1) is 13.5. The van der Waals surface area contributed by atoms with Gasteiger partial charge in [0.25, 0.3) is 11.8 Å². The van der Waals surface area contributed by atoms with Crippen LogP contribution >= 0.6 is 11.6 Å². The second kappa shape index (κ2) is 10.6. The zero-order valence-electron chi connectivity index (χ0n) is 16.3. The number of anilines is 1. The van der Waals surface area contributed by atoms with Gasteiger partial charge in [0.1, 0.15) is 11.5 Å². The van der Waals surface area contributed by atoms with E-state index in [1.807, 2.05) is 20.8 Å². The molecule has 0 saturated heterocycles. The lowest BCUT2D eigenvalue weighted by molar-refractivity contribution is -0.132. The Morgan fingerprint density at radius 2 is 1.79 bits per heavy atom. The molecule has 0 aromatic heterocycles. The Morgan fingerprint density at radius 3 is 2.43 bits per heavy atom. The fourth-order valence-corrected chi connectivity index (χ4v) is 2.83. The van der Waals surface area contributed by atoms with Crippen LogP contribution in [0.3, 0.4) is 0 Å². The largest absolute Gasteiger partial charge is 0.494 e. The van der Waals surface area contributed by atoms with E-state index in [1.165, 1.54) is 0 Å². The first-order valence-corrected chi connectivity index (χ1v) is 9.60. The van der Waals surface area contributed by atoms with Crippen molar-refractivity contribution in [2.75, 3.05) is 31.6 Å². The normalized spacial score (nSPS) is 10.3. The summed E-state index contributed by atoms with van der Waals surface area (Å²) in [5.74, 6) is 0.643. The third-order valence-electron chi connectivity index (χ3n) is 4.06. The summed E-state index contributed by atoms with van der Waals surface area (Å²) in [6.45, 7) is 7.40. The van der Waals surface area contributed by atoms with Gasteiger partial charge in [0, 0.05) is 24.3 Å². The average Bonchev–Trinajstić information content (AvgIpc) is 2.69. The molecule has 0 unspecified atom stereocenters. The second-order valence-electron chi connectivity index (χ2n) is 5.91. The van der Waals surface area contributed by atoms with Crippen LogP contribution in [-0.4, -0.2) is 43.0 Å². The minimum absolute atomic E-state index is 0.0860. The number of nitrogens with one attached hydrogen (secondary N) is 1. The van der Waals surface area contributed by atoms with Crippen molar-refractivity contribution in [2.45, 2.75) is 20.8 Å². The number of likely N-dealkylation sites (N-methyl/N-ethyl adjacent to an activating group) is 1. The van der Waals surface area contributed by atoms with Crippen LogP contribution in [0.15, 0.2) is 42.5 Å². The summed E-state index contributed by atoms with van der Waals surface area (Å²) in [5.41, 5.74) is 1.01. The molecule has 0 fully saturated rings. The minimum Gasteiger partial charge on any atom is -0.494 e. The van der Waals surface area contributed by atoms with Crippen molar-refractivity contribution in [2.24, 2.45) is 0 Å². The van der Waals surface area contributed by atoms with E-state index in [-0.39, 0.29) is 18.4 Å². The van der Waals surface area contributed by atoms with Gasteiger partial charge in [0.15, 0.2) is 6.61 Å². The molecule has 2 amide bonds. The van der Waals surface area contributed by atoms with Crippen LogP contribution in [0.2, 0.25) is 5.02 Å². The van der Waals surface area contributed by atoms with Gasteiger partial charge in [-0.3, -0.25) is 9.59 Å². The van der Waals surface area contributed by atoms with Crippen LogP contribution in [0, 0.1) is 0 Å². The average molecular weight is 405 g/mol. The third kappa shape index (κ3) is 5.89. The fraction of sp³-hybridized carbons (Fsp3) is 0.333. The van der Waals surface area contributed by atoms with Crippen LogP contribution in [-0.2, 0) is 4.79 Å². The van der Waals surface area contributed by atoms with Gasteiger partial charge < -0.3 is 19.7 Å². The maximum atomic E-state index is 12.4. The van der Waals surface area contributed by atoms with Gasteiger partial charge in [-0.1, -0.05) is 17.7 Å². The van der Waals surface area contributed by atoms with Crippen molar-refractivity contribution >= 4 is 29.1 Å². The molecule has 0 heterocycles. The van der Waals surface area contributed by atoms with E-state index in [1.54, 1.807) is 47.4 Å². The third-order valence-corrected chi connectivity index (χ3v) is 4.36. The van der Waals surface area contributed by atoms with E-state index >= 15 is 0 Å². The number of rotatable bonds is 9. The van der Waals surface area contributed by atoms with Gasteiger partial charge in [-0.2, -0.15) is 0 Å². The van der Waals surface area contributed by atoms with Crippen molar-refractivity contribution in [3.05, 3.63) is 53.1 Å². The maximum Gasteiger partial charge on any atom is 0.260 e. The van der Waals surface area contributed by atoms with E-state index in [0.29, 0.717) is 47.5 Å². The van der Waals surface area contributed by atoms with Crippen molar-refractivity contribution in [1.82, 2.24) is 4.90 Å². The second-order valence-corrected chi connectivity index (χ2v) is 6.32. The topological polar surface area (TPSA) is 67.9 Å². The van der Waals surface area contributed by atoms with Crippen molar-refractivity contribution in [3.8, 4) is 11.5 Å². The van der Waals surface area contributed by atoms with Gasteiger partial charge in [-0.15, -0.1) is 0 Å². The molecule has 0 aliphatic carbocycles. The van der Waals surface area contributed by atoms with Crippen molar-refractivity contribution < 1.29 is 19.1 Å². The summed E-state index contributed by atoms with van der Waals surface area (Å²) in [4.78, 5) is 26.1. The first kappa shape index (κ1) is 21.6. The monoisotopic (exact) mass is 404 g/mol. The van der Waals surface area contributed by atoms with Gasteiger partial charge in [-0.05, 0) is 57.2 Å². The minimum atomic E-state index is -0.275.